The van der Waals surface area contributed by atoms with Gasteiger partial charge in [0.15, 0.2) is 0 Å². The maximum Gasteiger partial charge on any atom is 0.232 e. The van der Waals surface area contributed by atoms with E-state index in [9.17, 15) is 4.79 Å². The molecule has 0 saturated heterocycles. The average Bonchev–Trinajstić information content (AvgIpc) is 2.83. The summed E-state index contributed by atoms with van der Waals surface area (Å²) in [6.07, 6.45) is 3.59. The Morgan fingerprint density at radius 2 is 2.09 bits per heavy atom. The lowest BCUT2D eigenvalue weighted by atomic mass is 9.82. The largest absolute Gasteiger partial charge is 0.469 e. The number of hydrogen-bond donors (Lipinski definition) is 0. The van der Waals surface area contributed by atoms with E-state index < -0.39 is 5.41 Å². The van der Waals surface area contributed by atoms with Gasteiger partial charge < -0.3 is 9.32 Å². The number of carbonyl (C=O) groups is 1. The van der Waals surface area contributed by atoms with E-state index in [-0.39, 0.29) is 5.91 Å². The quantitative estimate of drug-likeness (QED) is 0.844. The number of furan rings is 1. The number of rotatable bonds is 2. The molecule has 0 fully saturated rings. The van der Waals surface area contributed by atoms with E-state index in [4.69, 9.17) is 4.42 Å². The van der Waals surface area contributed by atoms with Crippen LogP contribution >= 0.6 is 0 Å². The van der Waals surface area contributed by atoms with E-state index in [1.807, 2.05) is 36.9 Å². The van der Waals surface area contributed by atoms with Crippen LogP contribution in [0.25, 0.3) is 0 Å². The van der Waals surface area contributed by atoms with Crippen LogP contribution in [0.1, 0.15) is 42.7 Å². The Labute approximate surface area is 131 Å². The molecule has 0 unspecified atom stereocenters. The molecule has 3 rings (SSSR count). The summed E-state index contributed by atoms with van der Waals surface area (Å²) in [5.41, 5.74) is 2.90. The Morgan fingerprint density at radius 1 is 1.27 bits per heavy atom. The highest BCUT2D eigenvalue weighted by Crippen LogP contribution is 2.29. The lowest BCUT2D eigenvalue weighted by molar-refractivity contribution is -0.136. The number of carbonyl (C=O) groups excluding carboxylic acids is 1. The van der Waals surface area contributed by atoms with Crippen LogP contribution in [0.4, 0.5) is 0 Å². The maximum absolute atomic E-state index is 13.1. The maximum atomic E-state index is 13.1. The molecule has 0 bridgehead atoms. The van der Waals surface area contributed by atoms with Gasteiger partial charge in [0.1, 0.15) is 5.76 Å². The first-order valence-electron chi connectivity index (χ1n) is 7.90. The van der Waals surface area contributed by atoms with Crippen LogP contribution in [0.3, 0.4) is 0 Å². The summed E-state index contributed by atoms with van der Waals surface area (Å²) in [5.74, 6) is 1.22. The van der Waals surface area contributed by atoms with Crippen molar-refractivity contribution < 1.29 is 9.21 Å². The fraction of sp³-hybridized carbons (Fsp3) is 0.421. The Kier molecular flexibility index (Phi) is 3.81. The van der Waals surface area contributed by atoms with Gasteiger partial charge in [-0.15, -0.1) is 0 Å². The topological polar surface area (TPSA) is 33.5 Å². The van der Waals surface area contributed by atoms with Crippen LogP contribution in [0.2, 0.25) is 0 Å². The molecule has 0 aliphatic carbocycles. The van der Waals surface area contributed by atoms with Crippen molar-refractivity contribution in [2.75, 3.05) is 6.54 Å². The summed E-state index contributed by atoms with van der Waals surface area (Å²) in [6.45, 7) is 7.54. The number of hydrogen-bond acceptors (Lipinski definition) is 2. The Balaban J connectivity index is 1.86. The number of benzene rings is 1. The molecule has 0 spiro atoms. The second kappa shape index (κ2) is 5.64. The zero-order valence-corrected chi connectivity index (χ0v) is 13.6. The van der Waals surface area contributed by atoms with Gasteiger partial charge in [-0.1, -0.05) is 29.8 Å². The summed E-state index contributed by atoms with van der Waals surface area (Å²) >= 11 is 0. The molecule has 3 heteroatoms. The van der Waals surface area contributed by atoms with Gasteiger partial charge in [-0.2, -0.15) is 0 Å². The number of amides is 1. The summed E-state index contributed by atoms with van der Waals surface area (Å²) < 4.78 is 5.51. The van der Waals surface area contributed by atoms with Gasteiger partial charge in [-0.05, 0) is 38.8 Å². The molecule has 1 aromatic carbocycles. The van der Waals surface area contributed by atoms with E-state index in [0.29, 0.717) is 6.54 Å². The van der Waals surface area contributed by atoms with Crippen LogP contribution in [0.15, 0.2) is 41.0 Å². The molecule has 116 valence electrons. The van der Waals surface area contributed by atoms with E-state index in [1.165, 1.54) is 5.56 Å². The first-order chi connectivity index (χ1) is 10.5. The predicted octanol–water partition coefficient (Wildman–Crippen LogP) is 3.84. The smallest absolute Gasteiger partial charge is 0.232 e. The van der Waals surface area contributed by atoms with Crippen LogP contribution in [-0.2, 0) is 23.2 Å². The molecule has 1 aliphatic heterocycles. The molecular weight excluding hydrogens is 274 g/mol. The molecule has 0 radical (unpaired) electrons. The van der Waals surface area contributed by atoms with Gasteiger partial charge in [-0.3, -0.25) is 4.79 Å². The van der Waals surface area contributed by atoms with Crippen molar-refractivity contribution in [3.8, 4) is 0 Å². The molecule has 1 amide bonds. The minimum absolute atomic E-state index is 0.187. The summed E-state index contributed by atoms with van der Waals surface area (Å²) in [4.78, 5) is 15.1. The van der Waals surface area contributed by atoms with Crippen LogP contribution in [0, 0.1) is 6.92 Å². The fourth-order valence-electron chi connectivity index (χ4n) is 3.17. The summed E-state index contributed by atoms with van der Waals surface area (Å²) in [7, 11) is 0. The normalized spacial score (nSPS) is 15.3. The molecule has 3 nitrogen and oxygen atoms in total. The van der Waals surface area contributed by atoms with Gasteiger partial charge in [0, 0.05) is 25.1 Å². The van der Waals surface area contributed by atoms with E-state index in [0.717, 1.165) is 36.3 Å². The Hall–Kier alpha value is -2.03. The van der Waals surface area contributed by atoms with Gasteiger partial charge in [0.05, 0.1) is 11.7 Å². The second-order valence-electron chi connectivity index (χ2n) is 6.69. The third-order valence-electron chi connectivity index (χ3n) is 4.59. The lowest BCUT2D eigenvalue weighted by Gasteiger charge is -2.32. The van der Waals surface area contributed by atoms with Crippen molar-refractivity contribution in [1.82, 2.24) is 4.90 Å². The molecule has 1 aliphatic rings. The molecule has 1 aromatic heterocycles. The van der Waals surface area contributed by atoms with Gasteiger partial charge >= 0.3 is 0 Å². The molecule has 0 atom stereocenters. The number of aryl methyl sites for hydroxylation is 2. The highest BCUT2D eigenvalue weighted by atomic mass is 16.3. The van der Waals surface area contributed by atoms with Crippen molar-refractivity contribution in [2.45, 2.75) is 45.6 Å². The van der Waals surface area contributed by atoms with Crippen LogP contribution in [0.5, 0.6) is 0 Å². The standard InChI is InChI=1S/C19H23NO2/c1-14-6-4-7-16(12-14)19(2,3)18(21)20-10-5-8-17-15(13-20)9-11-22-17/h4,6-7,9,11-12H,5,8,10,13H2,1-3H3. The highest BCUT2D eigenvalue weighted by Gasteiger charge is 2.34. The van der Waals surface area contributed by atoms with Crippen molar-refractivity contribution >= 4 is 5.91 Å². The van der Waals surface area contributed by atoms with Crippen LogP contribution in [-0.4, -0.2) is 17.4 Å². The highest BCUT2D eigenvalue weighted by molar-refractivity contribution is 5.87. The molecule has 0 N–H and O–H groups in total. The third-order valence-corrected chi connectivity index (χ3v) is 4.59. The predicted molar refractivity (Wildman–Crippen MR) is 86.7 cm³/mol. The van der Waals surface area contributed by atoms with Crippen molar-refractivity contribution in [3.05, 3.63) is 59.0 Å². The first-order valence-corrected chi connectivity index (χ1v) is 7.90. The van der Waals surface area contributed by atoms with Crippen molar-refractivity contribution in [1.29, 1.82) is 0 Å². The summed E-state index contributed by atoms with van der Waals surface area (Å²) in [5, 5.41) is 0. The molecule has 2 heterocycles. The lowest BCUT2D eigenvalue weighted by Crippen LogP contribution is -2.43. The fourth-order valence-corrected chi connectivity index (χ4v) is 3.17. The van der Waals surface area contributed by atoms with E-state index in [1.54, 1.807) is 6.26 Å². The van der Waals surface area contributed by atoms with Gasteiger partial charge in [-0.25, -0.2) is 0 Å². The molecule has 0 saturated carbocycles. The number of fused-ring (bicyclic) bond motifs is 1. The monoisotopic (exact) mass is 297 g/mol. The van der Waals surface area contributed by atoms with Crippen LogP contribution < -0.4 is 0 Å². The molecular formula is C19H23NO2. The zero-order valence-electron chi connectivity index (χ0n) is 13.6. The van der Waals surface area contributed by atoms with Crippen molar-refractivity contribution in [3.63, 3.8) is 0 Å². The second-order valence-corrected chi connectivity index (χ2v) is 6.69. The minimum atomic E-state index is -0.514. The van der Waals surface area contributed by atoms with Gasteiger partial charge in [0.25, 0.3) is 0 Å². The molecule has 22 heavy (non-hydrogen) atoms. The van der Waals surface area contributed by atoms with E-state index in [2.05, 4.69) is 19.1 Å². The van der Waals surface area contributed by atoms with E-state index >= 15 is 0 Å². The van der Waals surface area contributed by atoms with Crippen molar-refractivity contribution in [2.24, 2.45) is 0 Å². The SMILES string of the molecule is Cc1cccc(C(C)(C)C(=O)N2CCCc3occc3C2)c1. The Bertz CT molecular complexity index is 684. The first kappa shape index (κ1) is 14.9. The Morgan fingerprint density at radius 3 is 2.86 bits per heavy atom. The third kappa shape index (κ3) is 2.68. The zero-order chi connectivity index (χ0) is 15.7. The number of nitrogens with zero attached hydrogens (tertiary/aromatic N) is 1. The summed E-state index contributed by atoms with van der Waals surface area (Å²) in [6, 6.07) is 10.2. The average molecular weight is 297 g/mol. The minimum Gasteiger partial charge on any atom is -0.469 e. The van der Waals surface area contributed by atoms with Gasteiger partial charge in [0.2, 0.25) is 5.91 Å². The molecule has 2 aromatic rings.